The van der Waals surface area contributed by atoms with Crippen molar-refractivity contribution >= 4 is 29.9 Å². The van der Waals surface area contributed by atoms with Gasteiger partial charge in [-0.2, -0.15) is 0 Å². The molecule has 0 aliphatic carbocycles. The molecule has 0 radical (unpaired) electrons. The van der Waals surface area contributed by atoms with E-state index in [4.69, 9.17) is 14.2 Å². The zero-order valence-electron chi connectivity index (χ0n) is 18.1. The van der Waals surface area contributed by atoms with E-state index in [1.807, 2.05) is 6.07 Å². The molecule has 1 aromatic carbocycles. The van der Waals surface area contributed by atoms with Crippen molar-refractivity contribution in [1.82, 2.24) is 15.6 Å². The van der Waals surface area contributed by atoms with E-state index in [1.165, 1.54) is 12.1 Å². The van der Waals surface area contributed by atoms with Gasteiger partial charge in [0, 0.05) is 45.1 Å². The van der Waals surface area contributed by atoms with Gasteiger partial charge in [-0.1, -0.05) is 25.5 Å². The van der Waals surface area contributed by atoms with Gasteiger partial charge in [0.15, 0.2) is 5.96 Å². The summed E-state index contributed by atoms with van der Waals surface area (Å²) in [7, 11) is 1.71. The van der Waals surface area contributed by atoms with Crippen LogP contribution in [0.3, 0.4) is 0 Å². The third kappa shape index (κ3) is 11.8. The first kappa shape index (κ1) is 27.1. The molecule has 0 unspecified atom stereocenters. The Morgan fingerprint density at radius 1 is 1.06 bits per heavy atom. The number of aromatic nitrogens is 1. The van der Waals surface area contributed by atoms with Crippen LogP contribution in [0.1, 0.15) is 25.3 Å². The molecule has 1 aromatic heterocycles. The molecule has 0 aliphatic heterocycles. The quantitative estimate of drug-likeness (QED) is 0.170. The fourth-order valence-electron chi connectivity index (χ4n) is 2.44. The van der Waals surface area contributed by atoms with Crippen molar-refractivity contribution in [3.8, 4) is 11.6 Å². The Morgan fingerprint density at radius 3 is 2.55 bits per heavy atom. The van der Waals surface area contributed by atoms with Crippen LogP contribution < -0.4 is 15.4 Å². The van der Waals surface area contributed by atoms with E-state index in [1.54, 1.807) is 31.4 Å². The first-order valence-corrected chi connectivity index (χ1v) is 10.2. The number of hydrogen-bond acceptors (Lipinski definition) is 5. The van der Waals surface area contributed by atoms with Crippen LogP contribution in [0, 0.1) is 5.82 Å². The molecule has 1 heterocycles. The van der Waals surface area contributed by atoms with Crippen molar-refractivity contribution in [3.05, 3.63) is 54.0 Å². The van der Waals surface area contributed by atoms with Crippen molar-refractivity contribution in [2.45, 2.75) is 26.3 Å². The summed E-state index contributed by atoms with van der Waals surface area (Å²) in [5.41, 5.74) is 0.963. The highest BCUT2D eigenvalue weighted by Crippen LogP contribution is 2.19. The number of aliphatic imine (C=N–C) groups is 1. The maximum Gasteiger partial charge on any atom is 0.219 e. The maximum atomic E-state index is 13.2. The van der Waals surface area contributed by atoms with Gasteiger partial charge in [-0.25, -0.2) is 9.37 Å². The van der Waals surface area contributed by atoms with Crippen LogP contribution in [0.2, 0.25) is 0 Å². The molecule has 0 spiro atoms. The summed E-state index contributed by atoms with van der Waals surface area (Å²) >= 11 is 0. The van der Waals surface area contributed by atoms with E-state index < -0.39 is 0 Å². The molecule has 0 saturated carbocycles. The molecule has 0 aliphatic rings. The molecule has 0 bridgehead atoms. The van der Waals surface area contributed by atoms with Gasteiger partial charge >= 0.3 is 0 Å². The zero-order valence-corrected chi connectivity index (χ0v) is 20.4. The second-order valence-corrected chi connectivity index (χ2v) is 6.49. The highest BCUT2D eigenvalue weighted by molar-refractivity contribution is 14.0. The lowest BCUT2D eigenvalue weighted by Crippen LogP contribution is -2.38. The number of pyridine rings is 1. The van der Waals surface area contributed by atoms with E-state index in [2.05, 4.69) is 27.5 Å². The lowest BCUT2D eigenvalue weighted by molar-refractivity contribution is 0.0487. The van der Waals surface area contributed by atoms with Crippen LogP contribution in [0.4, 0.5) is 4.39 Å². The molecule has 31 heavy (non-hydrogen) atoms. The van der Waals surface area contributed by atoms with Gasteiger partial charge < -0.3 is 24.8 Å². The lowest BCUT2D eigenvalue weighted by Gasteiger charge is -2.12. The minimum atomic E-state index is -0.349. The summed E-state index contributed by atoms with van der Waals surface area (Å²) < 4.78 is 29.7. The van der Waals surface area contributed by atoms with E-state index in [0.29, 0.717) is 50.5 Å². The number of nitrogens with zero attached hydrogens (tertiary/aromatic N) is 2. The van der Waals surface area contributed by atoms with E-state index >= 15 is 0 Å². The standard InChI is InChI=1S/C22H31FN4O3.HI/c1-3-4-11-28-13-14-29-12-10-25-22(24-2)27-17-18-8-9-21(26-16-18)30-20-7-5-6-19(23)15-20;/h5-9,15-16H,3-4,10-14,17H2,1-2H3,(H2,24,25,27);1H. The number of ether oxygens (including phenoxy) is 3. The van der Waals surface area contributed by atoms with Crippen LogP contribution in [0.25, 0.3) is 0 Å². The molecule has 7 nitrogen and oxygen atoms in total. The predicted octanol–water partition coefficient (Wildman–Crippen LogP) is 4.13. The molecule has 172 valence electrons. The van der Waals surface area contributed by atoms with Crippen molar-refractivity contribution in [2.24, 2.45) is 4.99 Å². The highest BCUT2D eigenvalue weighted by Gasteiger charge is 2.02. The number of unbranched alkanes of at least 4 members (excludes halogenated alkanes) is 1. The van der Waals surface area contributed by atoms with Crippen LogP contribution in [0.15, 0.2) is 47.6 Å². The maximum absolute atomic E-state index is 13.2. The van der Waals surface area contributed by atoms with Crippen molar-refractivity contribution in [3.63, 3.8) is 0 Å². The first-order valence-electron chi connectivity index (χ1n) is 10.2. The summed E-state index contributed by atoms with van der Waals surface area (Å²) in [6.45, 7) is 5.92. The van der Waals surface area contributed by atoms with Gasteiger partial charge in [-0.15, -0.1) is 24.0 Å². The van der Waals surface area contributed by atoms with E-state index in [0.717, 1.165) is 25.0 Å². The van der Waals surface area contributed by atoms with E-state index in [9.17, 15) is 4.39 Å². The zero-order chi connectivity index (χ0) is 21.4. The van der Waals surface area contributed by atoms with Crippen LogP contribution in [-0.4, -0.2) is 51.0 Å². The van der Waals surface area contributed by atoms with Gasteiger partial charge in [-0.05, 0) is 24.1 Å². The summed E-state index contributed by atoms with van der Waals surface area (Å²) in [6, 6.07) is 9.59. The second-order valence-electron chi connectivity index (χ2n) is 6.49. The van der Waals surface area contributed by atoms with Gasteiger partial charge in [0.25, 0.3) is 0 Å². The molecule has 0 saturated heterocycles. The third-order valence-electron chi connectivity index (χ3n) is 4.05. The van der Waals surface area contributed by atoms with Crippen LogP contribution >= 0.6 is 24.0 Å². The Morgan fingerprint density at radius 2 is 1.87 bits per heavy atom. The number of rotatable bonds is 13. The molecule has 9 heteroatoms. The van der Waals surface area contributed by atoms with Gasteiger partial charge in [0.2, 0.25) is 5.88 Å². The fourth-order valence-corrected chi connectivity index (χ4v) is 2.44. The van der Waals surface area contributed by atoms with Gasteiger partial charge in [0.05, 0.1) is 19.8 Å². The van der Waals surface area contributed by atoms with Gasteiger partial charge in [0.1, 0.15) is 11.6 Å². The average Bonchev–Trinajstić information content (AvgIpc) is 2.76. The van der Waals surface area contributed by atoms with Gasteiger partial charge in [-0.3, -0.25) is 4.99 Å². The normalized spacial score (nSPS) is 11.0. The van der Waals surface area contributed by atoms with Crippen molar-refractivity contribution in [1.29, 1.82) is 0 Å². The summed E-state index contributed by atoms with van der Waals surface area (Å²) in [5.74, 6) is 1.14. The Labute approximate surface area is 200 Å². The monoisotopic (exact) mass is 546 g/mol. The summed E-state index contributed by atoms with van der Waals surface area (Å²) in [4.78, 5) is 8.44. The third-order valence-corrected chi connectivity index (χ3v) is 4.05. The molecule has 2 rings (SSSR count). The van der Waals surface area contributed by atoms with Crippen LogP contribution in [0.5, 0.6) is 11.6 Å². The Bertz CT molecular complexity index is 763. The first-order chi connectivity index (χ1) is 14.7. The average molecular weight is 546 g/mol. The molecule has 2 aromatic rings. The topological polar surface area (TPSA) is 77.0 Å². The molecular weight excluding hydrogens is 514 g/mol. The Hall–Kier alpha value is -1.98. The van der Waals surface area contributed by atoms with Crippen LogP contribution in [-0.2, 0) is 16.0 Å². The SMILES string of the molecule is CCCCOCCOCCNC(=NC)NCc1ccc(Oc2cccc(F)c2)nc1.I. The van der Waals surface area contributed by atoms with E-state index in [-0.39, 0.29) is 29.8 Å². The molecular formula is C22H32FIN4O3. The minimum Gasteiger partial charge on any atom is -0.439 e. The number of hydrogen-bond donors (Lipinski definition) is 2. The minimum absolute atomic E-state index is 0. The number of guanidine groups is 1. The Kier molecular flexibility index (Phi) is 14.6. The van der Waals surface area contributed by atoms with Crippen molar-refractivity contribution < 1.29 is 18.6 Å². The number of nitrogens with one attached hydrogen (secondary N) is 2. The highest BCUT2D eigenvalue weighted by atomic mass is 127. The predicted molar refractivity (Wildman–Crippen MR) is 131 cm³/mol. The molecule has 0 fully saturated rings. The fraction of sp³-hybridized carbons (Fsp3) is 0.455. The number of halogens is 2. The molecule has 2 N–H and O–H groups in total. The largest absolute Gasteiger partial charge is 0.439 e. The number of benzene rings is 1. The second kappa shape index (κ2) is 16.7. The lowest BCUT2D eigenvalue weighted by atomic mass is 10.3. The Balaban J connectivity index is 0.00000480. The molecule has 0 amide bonds. The molecule has 0 atom stereocenters. The summed E-state index contributed by atoms with van der Waals surface area (Å²) in [6.07, 6.45) is 3.93. The van der Waals surface area contributed by atoms with Crippen molar-refractivity contribution in [2.75, 3.05) is 40.0 Å². The smallest absolute Gasteiger partial charge is 0.219 e. The summed E-state index contributed by atoms with van der Waals surface area (Å²) in [5, 5.41) is 6.41.